The summed E-state index contributed by atoms with van der Waals surface area (Å²) in [5, 5.41) is 14.5. The first kappa shape index (κ1) is 24.6. The fraction of sp³-hybridized carbons (Fsp3) is 0.400. The number of alkyl carbamates (subject to hydrolysis) is 1. The zero-order valence-electron chi connectivity index (χ0n) is 19.0. The van der Waals surface area contributed by atoms with Crippen LogP contribution in [0.2, 0.25) is 0 Å². The minimum Gasteiger partial charge on any atom is -0.480 e. The highest BCUT2D eigenvalue weighted by atomic mass is 32.2. The highest BCUT2D eigenvalue weighted by Crippen LogP contribution is 2.44. The lowest BCUT2D eigenvalue weighted by molar-refractivity contribution is -0.143. The van der Waals surface area contributed by atoms with Gasteiger partial charge in [-0.05, 0) is 46.6 Å². The molecule has 0 spiro atoms. The minimum atomic E-state index is -1.11. The molecule has 0 radical (unpaired) electrons. The van der Waals surface area contributed by atoms with E-state index < -0.39 is 30.1 Å². The molecule has 2 atom stereocenters. The van der Waals surface area contributed by atoms with Gasteiger partial charge in [0, 0.05) is 5.92 Å². The van der Waals surface area contributed by atoms with Gasteiger partial charge in [-0.1, -0.05) is 62.4 Å². The number of hydrogen-bond donors (Lipinski definition) is 3. The van der Waals surface area contributed by atoms with Crippen LogP contribution in [0.1, 0.15) is 37.3 Å². The molecule has 0 aromatic heterocycles. The van der Waals surface area contributed by atoms with Crippen LogP contribution in [0.5, 0.6) is 0 Å². The first-order chi connectivity index (χ1) is 15.8. The smallest absolute Gasteiger partial charge is 0.407 e. The van der Waals surface area contributed by atoms with Gasteiger partial charge < -0.3 is 20.5 Å². The molecular weight excluding hydrogens is 440 g/mol. The van der Waals surface area contributed by atoms with Gasteiger partial charge in [0.2, 0.25) is 5.91 Å². The summed E-state index contributed by atoms with van der Waals surface area (Å²) in [7, 11) is 0. The van der Waals surface area contributed by atoms with Crippen molar-refractivity contribution in [2.75, 3.05) is 18.6 Å². The maximum absolute atomic E-state index is 12.7. The van der Waals surface area contributed by atoms with E-state index in [0.717, 1.165) is 22.3 Å². The Balaban J connectivity index is 1.66. The van der Waals surface area contributed by atoms with Gasteiger partial charge in [-0.2, -0.15) is 11.8 Å². The molecular formula is C25H30N2O5S. The summed E-state index contributed by atoms with van der Waals surface area (Å²) >= 11 is 1.54. The second kappa shape index (κ2) is 11.2. The number of benzene rings is 2. The molecule has 0 aliphatic heterocycles. The van der Waals surface area contributed by atoms with Gasteiger partial charge in [-0.15, -0.1) is 0 Å². The van der Waals surface area contributed by atoms with E-state index in [1.54, 1.807) is 13.8 Å². The number of amides is 2. The summed E-state index contributed by atoms with van der Waals surface area (Å²) in [5.74, 6) is -1.39. The number of fused-ring (bicyclic) bond motifs is 3. The summed E-state index contributed by atoms with van der Waals surface area (Å²) in [6.45, 7) is 3.57. The SMILES string of the molecule is CSCCC(NC(=O)OCC1c2ccccc2-c2ccccc21)C(=O)N[C@H](C(=O)O)C(C)C. The van der Waals surface area contributed by atoms with E-state index in [9.17, 15) is 19.5 Å². The Hall–Kier alpha value is -3.00. The Morgan fingerprint density at radius 3 is 2.09 bits per heavy atom. The Bertz CT molecular complexity index is 964. The summed E-state index contributed by atoms with van der Waals surface area (Å²) in [6.07, 6.45) is 1.56. The number of ether oxygens (including phenoxy) is 1. The molecule has 33 heavy (non-hydrogen) atoms. The number of aliphatic carboxylic acids is 1. The number of carboxylic acid groups (broad SMARTS) is 1. The largest absolute Gasteiger partial charge is 0.480 e. The van der Waals surface area contributed by atoms with E-state index in [1.165, 1.54) is 11.8 Å². The van der Waals surface area contributed by atoms with Crippen molar-refractivity contribution in [2.45, 2.75) is 38.3 Å². The number of rotatable bonds is 10. The third kappa shape index (κ3) is 5.87. The second-order valence-corrected chi connectivity index (χ2v) is 9.36. The maximum Gasteiger partial charge on any atom is 0.407 e. The third-order valence-corrected chi connectivity index (χ3v) is 6.44. The maximum atomic E-state index is 12.7. The second-order valence-electron chi connectivity index (χ2n) is 8.37. The molecule has 1 aliphatic rings. The van der Waals surface area contributed by atoms with E-state index in [1.807, 2.05) is 42.7 Å². The molecule has 8 heteroatoms. The normalized spacial score (nSPS) is 14.2. The molecule has 176 valence electrons. The lowest BCUT2D eigenvalue weighted by atomic mass is 9.98. The van der Waals surface area contributed by atoms with Gasteiger partial charge in [0.1, 0.15) is 18.7 Å². The molecule has 1 aliphatic carbocycles. The zero-order valence-corrected chi connectivity index (χ0v) is 19.9. The lowest BCUT2D eigenvalue weighted by Gasteiger charge is -2.23. The number of carboxylic acids is 1. The van der Waals surface area contributed by atoms with Crippen LogP contribution in [0, 0.1) is 5.92 Å². The lowest BCUT2D eigenvalue weighted by Crippen LogP contribution is -2.53. The molecule has 3 rings (SSSR count). The molecule has 2 amide bonds. The molecule has 3 N–H and O–H groups in total. The van der Waals surface area contributed by atoms with Gasteiger partial charge >= 0.3 is 12.1 Å². The van der Waals surface area contributed by atoms with Crippen molar-refractivity contribution in [3.8, 4) is 11.1 Å². The van der Waals surface area contributed by atoms with Crippen molar-refractivity contribution in [2.24, 2.45) is 5.92 Å². The van der Waals surface area contributed by atoms with E-state index in [2.05, 4.69) is 22.8 Å². The number of carbonyl (C=O) groups excluding carboxylic acids is 2. The Labute approximate surface area is 198 Å². The molecule has 2 aromatic carbocycles. The zero-order chi connectivity index (χ0) is 24.0. The fourth-order valence-electron chi connectivity index (χ4n) is 4.05. The quantitative estimate of drug-likeness (QED) is 0.487. The van der Waals surface area contributed by atoms with Crippen LogP contribution in [-0.2, 0) is 14.3 Å². The topological polar surface area (TPSA) is 105 Å². The molecule has 0 saturated heterocycles. The molecule has 0 fully saturated rings. The van der Waals surface area contributed by atoms with Gasteiger partial charge in [0.05, 0.1) is 0 Å². The highest BCUT2D eigenvalue weighted by Gasteiger charge is 2.31. The fourth-order valence-corrected chi connectivity index (χ4v) is 4.53. The van der Waals surface area contributed by atoms with Crippen LogP contribution < -0.4 is 10.6 Å². The van der Waals surface area contributed by atoms with Gasteiger partial charge in [0.15, 0.2) is 0 Å². The molecule has 1 unspecified atom stereocenters. The molecule has 0 heterocycles. The average Bonchev–Trinajstić information content (AvgIpc) is 3.12. The van der Waals surface area contributed by atoms with Gasteiger partial charge in [0.25, 0.3) is 0 Å². The van der Waals surface area contributed by atoms with E-state index in [4.69, 9.17) is 4.74 Å². The number of thioether (sulfide) groups is 1. The third-order valence-electron chi connectivity index (χ3n) is 5.79. The molecule has 0 saturated carbocycles. The molecule has 0 bridgehead atoms. The standard InChI is InChI=1S/C25H30N2O5S/c1-15(2)22(24(29)30)27-23(28)21(12-13-33-3)26-25(31)32-14-20-18-10-6-4-8-16(18)17-9-5-7-11-19(17)20/h4-11,15,20-22H,12-14H2,1-3H3,(H,26,31)(H,27,28)(H,29,30)/t21?,22-/m0/s1. The van der Waals surface area contributed by atoms with Gasteiger partial charge in [-0.3, -0.25) is 4.79 Å². The van der Waals surface area contributed by atoms with Crippen molar-refractivity contribution >= 4 is 29.7 Å². The number of carbonyl (C=O) groups is 3. The summed E-state index contributed by atoms with van der Waals surface area (Å²) in [5.41, 5.74) is 4.47. The first-order valence-corrected chi connectivity index (χ1v) is 12.4. The molecule has 7 nitrogen and oxygen atoms in total. The van der Waals surface area contributed by atoms with E-state index in [-0.39, 0.29) is 18.4 Å². The van der Waals surface area contributed by atoms with Crippen LogP contribution in [0.3, 0.4) is 0 Å². The van der Waals surface area contributed by atoms with Crippen molar-refractivity contribution in [1.29, 1.82) is 0 Å². The number of nitrogens with one attached hydrogen (secondary N) is 2. The Morgan fingerprint density at radius 2 is 1.58 bits per heavy atom. The van der Waals surface area contributed by atoms with Crippen molar-refractivity contribution in [3.05, 3.63) is 59.7 Å². The summed E-state index contributed by atoms with van der Waals surface area (Å²) in [4.78, 5) is 36.8. The van der Waals surface area contributed by atoms with E-state index in [0.29, 0.717) is 12.2 Å². The van der Waals surface area contributed by atoms with Crippen molar-refractivity contribution in [3.63, 3.8) is 0 Å². The molecule has 2 aromatic rings. The van der Waals surface area contributed by atoms with Crippen molar-refractivity contribution < 1.29 is 24.2 Å². The van der Waals surface area contributed by atoms with Crippen LogP contribution in [-0.4, -0.2) is 53.8 Å². The van der Waals surface area contributed by atoms with Crippen LogP contribution >= 0.6 is 11.8 Å². The first-order valence-electron chi connectivity index (χ1n) is 11.0. The Kier molecular flexibility index (Phi) is 8.38. The predicted octanol–water partition coefficient (Wildman–Crippen LogP) is 3.87. The van der Waals surface area contributed by atoms with Crippen LogP contribution in [0.25, 0.3) is 11.1 Å². The Morgan fingerprint density at radius 1 is 1.00 bits per heavy atom. The number of hydrogen-bond acceptors (Lipinski definition) is 5. The average molecular weight is 471 g/mol. The van der Waals surface area contributed by atoms with Crippen LogP contribution in [0.4, 0.5) is 4.79 Å². The van der Waals surface area contributed by atoms with E-state index >= 15 is 0 Å². The summed E-state index contributed by atoms with van der Waals surface area (Å²) in [6, 6.07) is 14.2. The minimum absolute atomic E-state index is 0.0843. The predicted molar refractivity (Wildman–Crippen MR) is 129 cm³/mol. The highest BCUT2D eigenvalue weighted by molar-refractivity contribution is 7.98. The van der Waals surface area contributed by atoms with Crippen LogP contribution in [0.15, 0.2) is 48.5 Å². The van der Waals surface area contributed by atoms with Crippen molar-refractivity contribution in [1.82, 2.24) is 10.6 Å². The van der Waals surface area contributed by atoms with Gasteiger partial charge in [-0.25, -0.2) is 9.59 Å². The summed E-state index contributed by atoms with van der Waals surface area (Å²) < 4.78 is 5.55. The monoisotopic (exact) mass is 470 g/mol.